The van der Waals surface area contributed by atoms with Gasteiger partial charge in [-0.3, -0.25) is 4.79 Å². The zero-order chi connectivity index (χ0) is 19.2. The second kappa shape index (κ2) is 8.68. The number of ether oxygens (including phenoxy) is 2. The molecule has 1 amide bonds. The molecule has 0 aliphatic rings. The van der Waals surface area contributed by atoms with E-state index >= 15 is 0 Å². The highest BCUT2D eigenvalue weighted by molar-refractivity contribution is 7.89. The molecule has 8 heteroatoms. The maximum Gasteiger partial charge on any atom is 0.241 e. The number of nitrogens with one attached hydrogen (secondary N) is 2. The molecule has 0 saturated heterocycles. The minimum absolute atomic E-state index is 0.0738. The largest absolute Gasteiger partial charge is 0.496 e. The number of carbonyl (C=O) groups is 1. The summed E-state index contributed by atoms with van der Waals surface area (Å²) in [5.41, 5.74) is 1.24. The fourth-order valence-electron chi connectivity index (χ4n) is 2.27. The lowest BCUT2D eigenvalue weighted by atomic mass is 10.2. The molecule has 0 heterocycles. The Labute approximate surface area is 153 Å². The Morgan fingerprint density at radius 3 is 2.38 bits per heavy atom. The summed E-state index contributed by atoms with van der Waals surface area (Å²) in [6, 6.07) is 11.3. The highest BCUT2D eigenvalue weighted by atomic mass is 32.2. The van der Waals surface area contributed by atoms with Crippen LogP contribution in [0, 0.1) is 6.92 Å². The topological polar surface area (TPSA) is 93.7 Å². The van der Waals surface area contributed by atoms with Crippen LogP contribution in [0.15, 0.2) is 47.4 Å². The summed E-state index contributed by atoms with van der Waals surface area (Å²) in [5.74, 6) is 0.821. The number of anilines is 1. The molecule has 26 heavy (non-hydrogen) atoms. The van der Waals surface area contributed by atoms with Gasteiger partial charge in [0.1, 0.15) is 11.5 Å². The lowest BCUT2D eigenvalue weighted by Gasteiger charge is -2.10. The fourth-order valence-corrected chi connectivity index (χ4v) is 3.34. The molecule has 0 atom stereocenters. The first kappa shape index (κ1) is 19.7. The molecular formula is C18H22N2O5S. The van der Waals surface area contributed by atoms with Crippen LogP contribution in [0.4, 0.5) is 5.69 Å². The van der Waals surface area contributed by atoms with E-state index in [0.717, 1.165) is 0 Å². The fraction of sp³-hybridized carbons (Fsp3) is 0.278. The Hall–Kier alpha value is -2.58. The van der Waals surface area contributed by atoms with Crippen molar-refractivity contribution in [2.45, 2.75) is 18.7 Å². The summed E-state index contributed by atoms with van der Waals surface area (Å²) in [7, 11) is -2.28. The van der Waals surface area contributed by atoms with E-state index in [4.69, 9.17) is 9.47 Å². The van der Waals surface area contributed by atoms with Crippen LogP contribution in [0.25, 0.3) is 0 Å². The third-order valence-corrected chi connectivity index (χ3v) is 4.95. The van der Waals surface area contributed by atoms with Crippen LogP contribution in [0.5, 0.6) is 11.5 Å². The van der Waals surface area contributed by atoms with E-state index in [1.54, 1.807) is 37.3 Å². The second-order valence-corrected chi connectivity index (χ2v) is 7.23. The van der Waals surface area contributed by atoms with Gasteiger partial charge in [-0.2, -0.15) is 0 Å². The monoisotopic (exact) mass is 378 g/mol. The molecule has 2 aromatic carbocycles. The van der Waals surface area contributed by atoms with Crippen LogP contribution >= 0.6 is 0 Å². The molecule has 0 unspecified atom stereocenters. The average molecular weight is 378 g/mol. The zero-order valence-corrected chi connectivity index (χ0v) is 15.7. The van der Waals surface area contributed by atoms with E-state index < -0.39 is 15.9 Å². The number of carbonyl (C=O) groups excluding carboxylic acids is 1. The molecule has 0 fully saturated rings. The Balaban J connectivity index is 1.96. The number of hydrogen-bond donors (Lipinski definition) is 2. The molecule has 0 saturated carbocycles. The number of aryl methyl sites for hydroxylation is 1. The summed E-state index contributed by atoms with van der Waals surface area (Å²) in [6.45, 7) is 3.81. The van der Waals surface area contributed by atoms with E-state index in [9.17, 15) is 13.2 Å². The van der Waals surface area contributed by atoms with Crippen molar-refractivity contribution in [2.75, 3.05) is 25.6 Å². The first-order valence-corrected chi connectivity index (χ1v) is 9.51. The van der Waals surface area contributed by atoms with Gasteiger partial charge in [-0.25, -0.2) is 13.1 Å². The van der Waals surface area contributed by atoms with E-state index in [-0.39, 0.29) is 11.4 Å². The summed E-state index contributed by atoms with van der Waals surface area (Å²) in [6.07, 6.45) is 0. The van der Waals surface area contributed by atoms with Crippen molar-refractivity contribution in [3.63, 3.8) is 0 Å². The van der Waals surface area contributed by atoms with Crippen molar-refractivity contribution in [2.24, 2.45) is 0 Å². The van der Waals surface area contributed by atoms with Gasteiger partial charge in [-0.1, -0.05) is 0 Å². The molecule has 0 aliphatic heterocycles. The predicted octanol–water partition coefficient (Wildman–Crippen LogP) is 2.32. The summed E-state index contributed by atoms with van der Waals surface area (Å²) < 4.78 is 37.3. The van der Waals surface area contributed by atoms with Crippen molar-refractivity contribution in [1.29, 1.82) is 0 Å². The van der Waals surface area contributed by atoms with Gasteiger partial charge >= 0.3 is 0 Å². The van der Waals surface area contributed by atoms with Gasteiger partial charge in [0, 0.05) is 5.69 Å². The SMILES string of the molecule is CCOc1ccc(NC(=O)CNS(=O)(=O)c2ccc(OC)c(C)c2)cc1. The molecular weight excluding hydrogens is 356 g/mol. The van der Waals surface area contributed by atoms with Gasteiger partial charge in [0.15, 0.2) is 0 Å². The second-order valence-electron chi connectivity index (χ2n) is 5.46. The van der Waals surface area contributed by atoms with Gasteiger partial charge in [-0.15, -0.1) is 0 Å². The van der Waals surface area contributed by atoms with Crippen molar-refractivity contribution >= 4 is 21.6 Å². The van der Waals surface area contributed by atoms with Crippen molar-refractivity contribution in [1.82, 2.24) is 4.72 Å². The van der Waals surface area contributed by atoms with Crippen LogP contribution in [0.2, 0.25) is 0 Å². The maximum absolute atomic E-state index is 12.3. The van der Waals surface area contributed by atoms with E-state index in [2.05, 4.69) is 10.0 Å². The number of methoxy groups -OCH3 is 1. The Morgan fingerprint density at radius 1 is 1.12 bits per heavy atom. The summed E-state index contributed by atoms with van der Waals surface area (Å²) in [5, 5.41) is 2.62. The van der Waals surface area contributed by atoms with Gasteiger partial charge in [-0.05, 0) is 61.9 Å². The van der Waals surface area contributed by atoms with Crippen LogP contribution in [0.3, 0.4) is 0 Å². The average Bonchev–Trinajstić information content (AvgIpc) is 2.62. The zero-order valence-electron chi connectivity index (χ0n) is 14.9. The highest BCUT2D eigenvalue weighted by Gasteiger charge is 2.17. The molecule has 2 aromatic rings. The minimum Gasteiger partial charge on any atom is -0.496 e. The van der Waals surface area contributed by atoms with Crippen LogP contribution in [-0.4, -0.2) is 34.6 Å². The van der Waals surface area contributed by atoms with E-state index in [0.29, 0.717) is 29.4 Å². The standard InChI is InChI=1S/C18H22N2O5S/c1-4-25-15-7-5-14(6-8-15)20-18(21)12-19-26(22,23)16-9-10-17(24-3)13(2)11-16/h5-11,19H,4,12H2,1-3H3,(H,20,21). The molecule has 7 nitrogen and oxygen atoms in total. The number of hydrogen-bond acceptors (Lipinski definition) is 5. The Bertz CT molecular complexity index is 864. The van der Waals surface area contributed by atoms with Gasteiger partial charge in [0.2, 0.25) is 15.9 Å². The lowest BCUT2D eigenvalue weighted by Crippen LogP contribution is -2.32. The number of sulfonamides is 1. The molecule has 0 aliphatic carbocycles. The van der Waals surface area contributed by atoms with E-state index in [1.807, 2.05) is 6.92 Å². The summed E-state index contributed by atoms with van der Waals surface area (Å²) in [4.78, 5) is 12.1. The van der Waals surface area contributed by atoms with E-state index in [1.165, 1.54) is 19.2 Å². The van der Waals surface area contributed by atoms with Gasteiger partial charge in [0.25, 0.3) is 0 Å². The molecule has 0 radical (unpaired) electrons. The van der Waals surface area contributed by atoms with Crippen molar-refractivity contribution in [3.05, 3.63) is 48.0 Å². The third kappa shape index (κ3) is 5.21. The normalized spacial score (nSPS) is 11.0. The van der Waals surface area contributed by atoms with Crippen LogP contribution in [-0.2, 0) is 14.8 Å². The number of benzene rings is 2. The minimum atomic E-state index is -3.80. The molecule has 2 rings (SSSR count). The molecule has 2 N–H and O–H groups in total. The summed E-state index contributed by atoms with van der Waals surface area (Å²) >= 11 is 0. The van der Waals surface area contributed by atoms with Crippen molar-refractivity contribution < 1.29 is 22.7 Å². The van der Waals surface area contributed by atoms with Crippen molar-refractivity contribution in [3.8, 4) is 11.5 Å². The lowest BCUT2D eigenvalue weighted by molar-refractivity contribution is -0.115. The quantitative estimate of drug-likeness (QED) is 0.735. The Kier molecular flexibility index (Phi) is 6.59. The Morgan fingerprint density at radius 2 is 1.81 bits per heavy atom. The van der Waals surface area contributed by atoms with Crippen LogP contribution < -0.4 is 19.5 Å². The molecule has 0 aromatic heterocycles. The maximum atomic E-state index is 12.3. The predicted molar refractivity (Wildman–Crippen MR) is 99.2 cm³/mol. The molecule has 140 valence electrons. The molecule has 0 spiro atoms. The first-order chi connectivity index (χ1) is 12.4. The number of rotatable bonds is 8. The molecule has 0 bridgehead atoms. The van der Waals surface area contributed by atoms with Gasteiger partial charge in [0.05, 0.1) is 25.2 Å². The highest BCUT2D eigenvalue weighted by Crippen LogP contribution is 2.21. The van der Waals surface area contributed by atoms with Gasteiger partial charge < -0.3 is 14.8 Å². The van der Waals surface area contributed by atoms with Crippen LogP contribution in [0.1, 0.15) is 12.5 Å². The number of amides is 1. The first-order valence-electron chi connectivity index (χ1n) is 8.02. The third-order valence-electron chi connectivity index (χ3n) is 3.55. The smallest absolute Gasteiger partial charge is 0.241 e.